The van der Waals surface area contributed by atoms with Gasteiger partial charge in [-0.25, -0.2) is 0 Å². The van der Waals surface area contributed by atoms with Crippen molar-refractivity contribution in [3.8, 4) is 134 Å². The van der Waals surface area contributed by atoms with Gasteiger partial charge in [-0.2, -0.15) is 0 Å². The van der Waals surface area contributed by atoms with Crippen molar-refractivity contribution in [1.82, 2.24) is 0 Å². The van der Waals surface area contributed by atoms with Gasteiger partial charge in [0, 0.05) is 21.7 Å². The van der Waals surface area contributed by atoms with E-state index in [1.165, 1.54) is 211 Å². The molecule has 0 nitrogen and oxygen atoms in total. The zero-order valence-corrected chi connectivity index (χ0v) is 60.3. The van der Waals surface area contributed by atoms with Gasteiger partial charge < -0.3 is 0 Å². The fraction of sp³-hybridized carbons (Fsp3) is 0.168. The molecule has 0 atom stereocenters. The quantitative estimate of drug-likeness (QED) is 0.128. The number of aryl methyl sites for hydroxylation is 4. The number of benzene rings is 14. The summed E-state index contributed by atoms with van der Waals surface area (Å²) in [5.74, 6) is 0. The Morgan fingerprint density at radius 3 is 0.644 bits per heavy atom. The molecular formula is C101H84. The molecule has 0 saturated heterocycles. The normalized spacial score (nSPS) is 14.7. The smallest absolute Gasteiger partial charge is 0.0159 e. The summed E-state index contributed by atoms with van der Waals surface area (Å²) in [4.78, 5) is 0. The van der Waals surface area contributed by atoms with Crippen molar-refractivity contribution in [2.24, 2.45) is 0 Å². The van der Waals surface area contributed by atoms with Gasteiger partial charge >= 0.3 is 0 Å². The van der Waals surface area contributed by atoms with Gasteiger partial charge in [0.2, 0.25) is 0 Å². The largest absolute Gasteiger partial charge is 0.0619 e. The standard InChI is InChI=1S/C101H84/c1-60-49-78(76-41-47-86-84-45-39-74(56-92(84)100(9,10)94(86)58-76)72-37-43-82-80-17-13-15-19-88(80)98(5,6)90(82)54-72)50-61(2)96(60)70-33-29-68(30-34-70)66-25-21-64(22-26-66)53-65-23-27-67(28-24-65)69-31-35-71(36-32-69)97-62(3)51-79(52-63(97)4)77-42-48-87-85-46-40-75(57-93(85)101(11,12)95(87)59-77)73-38-44-83-81-18-14-16-20-89(81)99(7,8)91(83)55-73/h13-52,54-59H,53H2,1-12H3. The van der Waals surface area contributed by atoms with Crippen LogP contribution in [0.2, 0.25) is 0 Å². The van der Waals surface area contributed by atoms with Crippen LogP contribution < -0.4 is 0 Å². The highest BCUT2D eigenvalue weighted by atomic mass is 14.4. The third-order valence-corrected chi connectivity index (χ3v) is 24.2. The van der Waals surface area contributed by atoms with Crippen molar-refractivity contribution in [2.75, 3.05) is 0 Å². The first-order valence-electron chi connectivity index (χ1n) is 36.4. The molecule has 488 valence electrons. The van der Waals surface area contributed by atoms with Gasteiger partial charge in [0.15, 0.2) is 0 Å². The minimum atomic E-state index is -0.140. The molecule has 14 aromatic carbocycles. The minimum absolute atomic E-state index is 0.0299. The van der Waals surface area contributed by atoms with E-state index in [2.05, 4.69) is 362 Å². The summed E-state index contributed by atoms with van der Waals surface area (Å²) < 4.78 is 0. The van der Waals surface area contributed by atoms with Gasteiger partial charge in [0.1, 0.15) is 0 Å². The highest BCUT2D eigenvalue weighted by Crippen LogP contribution is 2.56. The van der Waals surface area contributed by atoms with E-state index in [1.807, 2.05) is 0 Å². The molecule has 4 aliphatic rings. The van der Waals surface area contributed by atoms with Crippen molar-refractivity contribution < 1.29 is 0 Å². The molecule has 0 spiro atoms. The van der Waals surface area contributed by atoms with E-state index >= 15 is 0 Å². The Morgan fingerprint density at radius 1 is 0.178 bits per heavy atom. The predicted octanol–water partition coefficient (Wildman–Crippen LogP) is 27.1. The van der Waals surface area contributed by atoms with E-state index < -0.39 is 0 Å². The summed E-state index contributed by atoms with van der Waals surface area (Å²) in [6.45, 7) is 28.2. The zero-order valence-electron chi connectivity index (χ0n) is 60.3. The van der Waals surface area contributed by atoms with Crippen LogP contribution in [0.4, 0.5) is 0 Å². The average molecular weight is 1300 g/mol. The molecule has 0 saturated carbocycles. The summed E-state index contributed by atoms with van der Waals surface area (Å²) in [7, 11) is 0. The second-order valence-electron chi connectivity index (χ2n) is 31.8. The Labute approximate surface area is 597 Å². The van der Waals surface area contributed by atoms with E-state index in [4.69, 9.17) is 0 Å². The number of hydrogen-bond acceptors (Lipinski definition) is 0. The van der Waals surface area contributed by atoms with Gasteiger partial charge in [-0.3, -0.25) is 0 Å². The van der Waals surface area contributed by atoms with E-state index in [0.717, 1.165) is 6.42 Å². The second-order valence-corrected chi connectivity index (χ2v) is 31.8. The third kappa shape index (κ3) is 9.91. The molecule has 0 radical (unpaired) electrons. The number of fused-ring (bicyclic) bond motifs is 12. The molecule has 0 bridgehead atoms. The first-order chi connectivity index (χ1) is 48.7. The summed E-state index contributed by atoms with van der Waals surface area (Å²) in [6, 6.07) is 107. The third-order valence-electron chi connectivity index (χ3n) is 24.2. The first-order valence-corrected chi connectivity index (χ1v) is 36.4. The molecule has 0 unspecified atom stereocenters. The topological polar surface area (TPSA) is 0 Å². The van der Waals surface area contributed by atoms with Crippen LogP contribution in [0.25, 0.3) is 134 Å². The average Bonchev–Trinajstić information content (AvgIpc) is 1.59. The summed E-state index contributed by atoms with van der Waals surface area (Å²) >= 11 is 0. The molecule has 14 aromatic rings. The van der Waals surface area contributed by atoms with E-state index in [0.29, 0.717) is 0 Å². The molecule has 0 aromatic heterocycles. The van der Waals surface area contributed by atoms with Crippen LogP contribution in [0.1, 0.15) is 133 Å². The molecule has 0 heterocycles. The lowest BCUT2D eigenvalue weighted by atomic mass is 9.80. The predicted molar refractivity (Wildman–Crippen MR) is 428 cm³/mol. The van der Waals surface area contributed by atoms with Crippen LogP contribution >= 0.6 is 0 Å². The van der Waals surface area contributed by atoms with Gasteiger partial charge in [-0.15, -0.1) is 0 Å². The van der Waals surface area contributed by atoms with E-state index in [9.17, 15) is 0 Å². The van der Waals surface area contributed by atoms with E-state index in [1.54, 1.807) is 0 Å². The highest BCUT2D eigenvalue weighted by Gasteiger charge is 2.40. The molecule has 0 N–H and O–H groups in total. The van der Waals surface area contributed by atoms with Gasteiger partial charge in [-0.05, 0) is 282 Å². The van der Waals surface area contributed by atoms with E-state index in [-0.39, 0.29) is 21.7 Å². The first kappa shape index (κ1) is 62.3. The molecule has 0 amide bonds. The number of rotatable bonds is 10. The maximum atomic E-state index is 2.47. The lowest BCUT2D eigenvalue weighted by molar-refractivity contribution is 0.659. The lowest BCUT2D eigenvalue weighted by Crippen LogP contribution is -2.15. The highest BCUT2D eigenvalue weighted by molar-refractivity contribution is 5.92. The van der Waals surface area contributed by atoms with Gasteiger partial charge in [0.05, 0.1) is 0 Å². The molecule has 18 rings (SSSR count). The fourth-order valence-corrected chi connectivity index (χ4v) is 18.7. The Bertz CT molecular complexity index is 5370. The second kappa shape index (κ2) is 22.8. The van der Waals surface area contributed by atoms with Crippen LogP contribution in [0.15, 0.2) is 279 Å². The van der Waals surface area contributed by atoms with Crippen LogP contribution in [0.5, 0.6) is 0 Å². The molecule has 101 heavy (non-hydrogen) atoms. The minimum Gasteiger partial charge on any atom is -0.0619 e. The number of hydrogen-bond donors (Lipinski definition) is 0. The summed E-state index contributed by atoms with van der Waals surface area (Å²) in [5.41, 5.74) is 49.8. The summed E-state index contributed by atoms with van der Waals surface area (Å²) in [5, 5.41) is 0. The fourth-order valence-electron chi connectivity index (χ4n) is 18.7. The lowest BCUT2D eigenvalue weighted by Gasteiger charge is -2.23. The zero-order chi connectivity index (χ0) is 69.2. The van der Waals surface area contributed by atoms with Crippen molar-refractivity contribution >= 4 is 0 Å². The maximum absolute atomic E-state index is 2.47. The molecular weight excluding hydrogens is 1210 g/mol. The Morgan fingerprint density at radius 2 is 0.376 bits per heavy atom. The Kier molecular flexibility index (Phi) is 14.1. The molecule has 4 aliphatic carbocycles. The van der Waals surface area contributed by atoms with Crippen LogP contribution in [-0.4, -0.2) is 0 Å². The van der Waals surface area contributed by atoms with Gasteiger partial charge in [-0.1, -0.05) is 298 Å². The molecule has 0 aliphatic heterocycles. The Balaban J connectivity index is 0.512. The molecule has 0 heteroatoms. The van der Waals surface area contributed by atoms with Crippen molar-refractivity contribution in [3.63, 3.8) is 0 Å². The maximum Gasteiger partial charge on any atom is 0.0159 e. The van der Waals surface area contributed by atoms with Crippen LogP contribution in [-0.2, 0) is 28.1 Å². The summed E-state index contributed by atoms with van der Waals surface area (Å²) in [6.07, 6.45) is 0.883. The van der Waals surface area contributed by atoms with Crippen LogP contribution in [0.3, 0.4) is 0 Å². The SMILES string of the molecule is Cc1cc(-c2ccc3c(c2)C(C)(C)c2cc(-c4ccc5c(c4)C(C)(C)c4ccccc4-5)ccc2-3)cc(C)c1-c1ccc(-c2ccc(Cc3ccc(-c4ccc(-c5c(C)cc(-c6ccc7c(c6)C(C)(C)c6cc(-c8ccc9c(c8)C(C)(C)c8ccccc8-9)ccc6-7)cc5C)cc4)cc3)cc2)cc1. The van der Waals surface area contributed by atoms with Crippen molar-refractivity contribution in [3.05, 3.63) is 357 Å². The van der Waals surface area contributed by atoms with Crippen molar-refractivity contribution in [1.29, 1.82) is 0 Å². The molecule has 0 fully saturated rings. The Hall–Kier alpha value is -10.9. The van der Waals surface area contributed by atoms with Crippen LogP contribution in [0, 0.1) is 27.7 Å². The van der Waals surface area contributed by atoms with Gasteiger partial charge in [0.25, 0.3) is 0 Å². The monoisotopic (exact) mass is 1300 g/mol. The van der Waals surface area contributed by atoms with Crippen molar-refractivity contribution in [2.45, 2.75) is 111 Å².